The molecule has 0 bridgehead atoms. The van der Waals surface area contributed by atoms with Crippen molar-refractivity contribution in [2.45, 2.75) is 0 Å². The number of amides is 1. The molecule has 2 rings (SSSR count). The second kappa shape index (κ2) is 6.27. The maximum absolute atomic E-state index is 12.4. The lowest BCUT2D eigenvalue weighted by atomic mass is 10.1. The number of methoxy groups -OCH3 is 2. The summed E-state index contributed by atoms with van der Waals surface area (Å²) in [6.45, 7) is -0.107. The van der Waals surface area contributed by atoms with Crippen LogP contribution in [-0.4, -0.2) is 43.4 Å². The third-order valence-electron chi connectivity index (χ3n) is 3.03. The Bertz CT molecular complexity index is 723. The monoisotopic (exact) mass is 292 g/mol. The van der Waals surface area contributed by atoms with E-state index in [1.54, 1.807) is 6.07 Å². The van der Waals surface area contributed by atoms with E-state index in [1.165, 1.54) is 26.5 Å². The molecule has 112 valence electrons. The molecule has 3 N–H and O–H groups in total. The van der Waals surface area contributed by atoms with E-state index in [-0.39, 0.29) is 18.7 Å². The number of carbonyl (C=O) groups excluding carboxylic acids is 1. The fraction of sp³-hybridized carbons (Fsp3) is 0.286. The van der Waals surface area contributed by atoms with Crippen molar-refractivity contribution < 1.29 is 19.4 Å². The van der Waals surface area contributed by atoms with Gasteiger partial charge < -0.3 is 24.9 Å². The highest BCUT2D eigenvalue weighted by Gasteiger charge is 2.15. The molecule has 1 aromatic carbocycles. The van der Waals surface area contributed by atoms with Crippen LogP contribution in [0.2, 0.25) is 0 Å². The van der Waals surface area contributed by atoms with Gasteiger partial charge in [0.1, 0.15) is 5.56 Å². The minimum absolute atomic E-state index is 0.0248. The molecule has 0 unspecified atom stereocenters. The maximum atomic E-state index is 12.4. The van der Waals surface area contributed by atoms with Crippen molar-refractivity contribution in [1.82, 2.24) is 10.3 Å². The van der Waals surface area contributed by atoms with Gasteiger partial charge in [-0.1, -0.05) is 0 Å². The summed E-state index contributed by atoms with van der Waals surface area (Å²) in [7, 11) is 2.97. The minimum atomic E-state index is -0.540. The third-order valence-corrected chi connectivity index (χ3v) is 3.03. The summed E-state index contributed by atoms with van der Waals surface area (Å²) in [6.07, 6.45) is 1.34. The fourth-order valence-electron chi connectivity index (χ4n) is 1.98. The predicted molar refractivity (Wildman–Crippen MR) is 77.1 cm³/mol. The lowest BCUT2D eigenvalue weighted by Gasteiger charge is -2.10. The van der Waals surface area contributed by atoms with Crippen LogP contribution in [-0.2, 0) is 0 Å². The highest BCUT2D eigenvalue weighted by atomic mass is 16.5. The first kappa shape index (κ1) is 14.9. The van der Waals surface area contributed by atoms with Crippen LogP contribution in [0.15, 0.2) is 23.1 Å². The van der Waals surface area contributed by atoms with Gasteiger partial charge in [0.15, 0.2) is 11.5 Å². The third kappa shape index (κ3) is 2.82. The van der Waals surface area contributed by atoms with Crippen LogP contribution in [0.1, 0.15) is 10.4 Å². The summed E-state index contributed by atoms with van der Waals surface area (Å²) >= 11 is 0. The number of fused-ring (bicyclic) bond motifs is 1. The summed E-state index contributed by atoms with van der Waals surface area (Å²) in [6, 6.07) is 3.15. The highest BCUT2D eigenvalue weighted by molar-refractivity contribution is 5.97. The van der Waals surface area contributed by atoms with Crippen LogP contribution in [0.4, 0.5) is 0 Å². The quantitative estimate of drug-likeness (QED) is 0.734. The molecule has 1 heterocycles. The van der Waals surface area contributed by atoms with Crippen LogP contribution < -0.4 is 20.2 Å². The molecule has 7 nitrogen and oxygen atoms in total. The van der Waals surface area contributed by atoms with Crippen molar-refractivity contribution in [2.24, 2.45) is 0 Å². The van der Waals surface area contributed by atoms with Crippen LogP contribution in [0, 0.1) is 0 Å². The molecule has 0 saturated carbocycles. The lowest BCUT2D eigenvalue weighted by Crippen LogP contribution is -2.30. The average Bonchev–Trinajstić information content (AvgIpc) is 2.51. The number of pyridine rings is 1. The molecular formula is C14H16N2O5. The Hall–Kier alpha value is -2.54. The number of carbonyl (C=O) groups is 1. The summed E-state index contributed by atoms with van der Waals surface area (Å²) < 4.78 is 10.3. The van der Waals surface area contributed by atoms with E-state index >= 15 is 0 Å². The van der Waals surface area contributed by atoms with Crippen molar-refractivity contribution >= 4 is 16.8 Å². The Kier molecular flexibility index (Phi) is 4.44. The highest BCUT2D eigenvalue weighted by Crippen LogP contribution is 2.30. The molecule has 0 aliphatic heterocycles. The molecule has 7 heteroatoms. The summed E-state index contributed by atoms with van der Waals surface area (Å²) in [5, 5.41) is 11.5. The summed E-state index contributed by atoms with van der Waals surface area (Å²) in [5.41, 5.74) is 0.0969. The zero-order valence-corrected chi connectivity index (χ0v) is 11.7. The van der Waals surface area contributed by atoms with E-state index in [2.05, 4.69) is 10.3 Å². The number of aromatic amines is 1. The van der Waals surface area contributed by atoms with Crippen molar-refractivity contribution in [1.29, 1.82) is 0 Å². The SMILES string of the molecule is COc1cc2[nH]cc(C(=O)NCCO)c(=O)c2cc1OC. The molecule has 0 atom stereocenters. The van der Waals surface area contributed by atoms with Crippen molar-refractivity contribution in [2.75, 3.05) is 27.4 Å². The number of aliphatic hydroxyl groups excluding tert-OH is 1. The zero-order chi connectivity index (χ0) is 15.4. The molecule has 0 spiro atoms. The number of aliphatic hydroxyl groups is 1. The second-order valence-electron chi connectivity index (χ2n) is 4.26. The zero-order valence-electron chi connectivity index (χ0n) is 11.7. The topological polar surface area (TPSA) is 101 Å². The molecule has 1 aromatic heterocycles. The number of aromatic nitrogens is 1. The lowest BCUT2D eigenvalue weighted by molar-refractivity contribution is 0.0943. The first-order chi connectivity index (χ1) is 10.1. The first-order valence-corrected chi connectivity index (χ1v) is 6.28. The number of rotatable bonds is 5. The number of hydrogen-bond acceptors (Lipinski definition) is 5. The molecule has 0 radical (unpaired) electrons. The normalized spacial score (nSPS) is 10.4. The summed E-state index contributed by atoms with van der Waals surface area (Å²) in [5.74, 6) is 0.350. The number of H-pyrrole nitrogens is 1. The fourth-order valence-corrected chi connectivity index (χ4v) is 1.98. The average molecular weight is 292 g/mol. The van der Waals surface area contributed by atoms with Gasteiger partial charge in [0.2, 0.25) is 5.43 Å². The van der Waals surface area contributed by atoms with E-state index in [4.69, 9.17) is 14.6 Å². The molecule has 0 fully saturated rings. The predicted octanol–water partition coefficient (Wildman–Crippen LogP) is 0.267. The van der Waals surface area contributed by atoms with Gasteiger partial charge in [0, 0.05) is 18.8 Å². The van der Waals surface area contributed by atoms with Gasteiger partial charge in [-0.15, -0.1) is 0 Å². The van der Waals surface area contributed by atoms with Crippen molar-refractivity contribution in [3.63, 3.8) is 0 Å². The number of nitrogens with one attached hydrogen (secondary N) is 2. The molecule has 0 aliphatic rings. The molecule has 0 saturated heterocycles. The van der Waals surface area contributed by atoms with Gasteiger partial charge in [0.05, 0.1) is 31.7 Å². The van der Waals surface area contributed by atoms with Crippen LogP contribution in [0.25, 0.3) is 10.9 Å². The van der Waals surface area contributed by atoms with Crippen LogP contribution in [0.5, 0.6) is 11.5 Å². The summed E-state index contributed by atoms with van der Waals surface area (Å²) in [4.78, 5) is 27.1. The minimum Gasteiger partial charge on any atom is -0.493 e. The van der Waals surface area contributed by atoms with Gasteiger partial charge in [0.25, 0.3) is 5.91 Å². The van der Waals surface area contributed by atoms with Crippen molar-refractivity contribution in [3.8, 4) is 11.5 Å². The molecule has 1 amide bonds. The van der Waals surface area contributed by atoms with E-state index in [0.29, 0.717) is 22.4 Å². The van der Waals surface area contributed by atoms with Crippen molar-refractivity contribution in [3.05, 3.63) is 34.1 Å². The number of ether oxygens (including phenoxy) is 2. The van der Waals surface area contributed by atoms with E-state index in [1.807, 2.05) is 0 Å². The van der Waals surface area contributed by atoms with Crippen LogP contribution >= 0.6 is 0 Å². The molecule has 0 aliphatic carbocycles. The Morgan fingerprint density at radius 3 is 2.57 bits per heavy atom. The number of hydrogen-bond donors (Lipinski definition) is 3. The van der Waals surface area contributed by atoms with E-state index < -0.39 is 11.3 Å². The van der Waals surface area contributed by atoms with E-state index in [0.717, 1.165) is 0 Å². The Morgan fingerprint density at radius 2 is 1.95 bits per heavy atom. The smallest absolute Gasteiger partial charge is 0.256 e. The molecule has 21 heavy (non-hydrogen) atoms. The van der Waals surface area contributed by atoms with E-state index in [9.17, 15) is 9.59 Å². The second-order valence-corrected chi connectivity index (χ2v) is 4.26. The van der Waals surface area contributed by atoms with Gasteiger partial charge >= 0.3 is 0 Å². The molecule has 2 aromatic rings. The van der Waals surface area contributed by atoms with Gasteiger partial charge in [-0.05, 0) is 6.07 Å². The Labute approximate surface area is 120 Å². The number of benzene rings is 1. The standard InChI is InChI=1S/C14H16N2O5/c1-20-11-5-8-10(6-12(11)21-2)16-7-9(13(8)18)14(19)15-3-4-17/h5-7,17H,3-4H2,1-2H3,(H,15,19)(H,16,18). The Morgan fingerprint density at radius 1 is 1.29 bits per heavy atom. The van der Waals surface area contributed by atoms with Gasteiger partial charge in [-0.3, -0.25) is 9.59 Å². The van der Waals surface area contributed by atoms with Gasteiger partial charge in [-0.25, -0.2) is 0 Å². The van der Waals surface area contributed by atoms with Gasteiger partial charge in [-0.2, -0.15) is 0 Å². The first-order valence-electron chi connectivity index (χ1n) is 6.28. The largest absolute Gasteiger partial charge is 0.493 e. The Balaban J connectivity index is 2.56. The molecular weight excluding hydrogens is 276 g/mol. The maximum Gasteiger partial charge on any atom is 0.256 e. The van der Waals surface area contributed by atoms with Crippen LogP contribution in [0.3, 0.4) is 0 Å².